The third-order valence-corrected chi connectivity index (χ3v) is 5.09. The lowest BCUT2D eigenvalue weighted by Gasteiger charge is -2.16. The van der Waals surface area contributed by atoms with Gasteiger partial charge < -0.3 is 9.30 Å². The summed E-state index contributed by atoms with van der Waals surface area (Å²) < 4.78 is 33.2. The Morgan fingerprint density at radius 2 is 2.05 bits per heavy atom. The summed E-state index contributed by atoms with van der Waals surface area (Å²) in [7, 11) is -1.21. The number of nitrogens with zero attached hydrogens (tertiary/aromatic N) is 3. The normalized spacial score (nSPS) is 12.5. The molecule has 0 amide bonds. The highest BCUT2D eigenvalue weighted by atomic mass is 35.5. The van der Waals surface area contributed by atoms with E-state index in [1.807, 2.05) is 0 Å². The Hall–Kier alpha value is -1.05. The molecule has 0 aliphatic rings. The van der Waals surface area contributed by atoms with Crippen molar-refractivity contribution in [3.8, 4) is 0 Å². The number of aromatic nitrogens is 3. The molecule has 0 aliphatic heterocycles. The lowest BCUT2D eigenvalue weighted by Crippen LogP contribution is -2.22. The van der Waals surface area contributed by atoms with Gasteiger partial charge in [0, 0.05) is 14.7 Å². The number of rotatable bonds is 6. The molecule has 0 bridgehead atoms. The van der Waals surface area contributed by atoms with Gasteiger partial charge in [0.2, 0.25) is 0 Å². The maximum Gasteiger partial charge on any atom is 0.278 e. The average Bonchev–Trinajstić information content (AvgIpc) is 2.74. The Kier molecular flexibility index (Phi) is 4.95. The smallest absolute Gasteiger partial charge is 0.278 e. The Bertz CT molecular complexity index is 628. The molecule has 0 saturated carbocycles. The van der Waals surface area contributed by atoms with Crippen LogP contribution in [0.15, 0.2) is 12.4 Å². The second-order valence-electron chi connectivity index (χ2n) is 6.04. The molecule has 2 rings (SSSR count). The third kappa shape index (κ3) is 3.99. The van der Waals surface area contributed by atoms with Crippen molar-refractivity contribution in [2.75, 3.05) is 6.61 Å². The first-order chi connectivity index (χ1) is 9.79. The fourth-order valence-corrected chi connectivity index (χ4v) is 2.93. The zero-order chi connectivity index (χ0) is 15.6. The van der Waals surface area contributed by atoms with Crippen molar-refractivity contribution in [3.63, 3.8) is 0 Å². The summed E-state index contributed by atoms with van der Waals surface area (Å²) in [6.07, 6.45) is -1.35. The summed E-state index contributed by atoms with van der Waals surface area (Å²) in [4.78, 5) is 7.82. The van der Waals surface area contributed by atoms with Crippen LogP contribution in [0, 0.1) is 0 Å². The van der Waals surface area contributed by atoms with Gasteiger partial charge in [-0.15, -0.1) is 0 Å². The summed E-state index contributed by atoms with van der Waals surface area (Å²) in [5.74, 6) is 0. The van der Waals surface area contributed by atoms with Gasteiger partial charge in [0.25, 0.3) is 6.43 Å². The molecule has 2 aromatic heterocycles. The van der Waals surface area contributed by atoms with E-state index in [0.717, 1.165) is 6.04 Å². The molecule has 0 aliphatic carbocycles. The van der Waals surface area contributed by atoms with E-state index in [0.29, 0.717) is 17.6 Å². The van der Waals surface area contributed by atoms with Gasteiger partial charge in [0.1, 0.15) is 18.6 Å². The maximum atomic E-state index is 13.1. The molecule has 0 saturated heterocycles. The lowest BCUT2D eigenvalue weighted by molar-refractivity contribution is 0.0741. The van der Waals surface area contributed by atoms with E-state index in [4.69, 9.17) is 16.3 Å². The van der Waals surface area contributed by atoms with E-state index in [2.05, 4.69) is 29.6 Å². The molecule has 0 atom stereocenters. The summed E-state index contributed by atoms with van der Waals surface area (Å²) in [6.45, 7) is 7.27. The van der Waals surface area contributed by atoms with Crippen LogP contribution in [0.1, 0.15) is 12.1 Å². The second-order valence-corrected chi connectivity index (χ2v) is 12.0. The van der Waals surface area contributed by atoms with Crippen molar-refractivity contribution in [1.29, 1.82) is 0 Å². The summed E-state index contributed by atoms with van der Waals surface area (Å²) in [5.41, 5.74) is 0.641. The van der Waals surface area contributed by atoms with Crippen LogP contribution in [-0.2, 0) is 11.5 Å². The minimum atomic E-state index is -2.61. The van der Waals surface area contributed by atoms with Gasteiger partial charge in [-0.3, -0.25) is 0 Å². The predicted molar refractivity (Wildman–Crippen MR) is 81.6 cm³/mol. The van der Waals surface area contributed by atoms with Crippen LogP contribution in [-0.4, -0.2) is 29.2 Å². The first-order valence-corrected chi connectivity index (χ1v) is 10.7. The predicted octanol–water partition coefficient (Wildman–Crippen LogP) is 4.33. The first kappa shape index (κ1) is 16.3. The molecule has 21 heavy (non-hydrogen) atoms. The summed E-state index contributed by atoms with van der Waals surface area (Å²) in [5, 5.41) is 0.153. The Morgan fingerprint density at radius 3 is 2.67 bits per heavy atom. The van der Waals surface area contributed by atoms with Crippen LogP contribution >= 0.6 is 11.6 Å². The Labute approximate surface area is 128 Å². The number of halogens is 3. The van der Waals surface area contributed by atoms with E-state index in [1.54, 1.807) is 0 Å². The molecule has 2 heterocycles. The van der Waals surface area contributed by atoms with Gasteiger partial charge in [0.05, 0.1) is 11.2 Å². The minimum Gasteiger partial charge on any atom is -0.361 e. The molecular weight excluding hydrogens is 316 g/mol. The first-order valence-electron chi connectivity index (χ1n) is 6.65. The zero-order valence-corrected chi connectivity index (χ0v) is 14.0. The van der Waals surface area contributed by atoms with Crippen molar-refractivity contribution in [1.82, 2.24) is 14.5 Å². The van der Waals surface area contributed by atoms with Crippen molar-refractivity contribution in [2.24, 2.45) is 0 Å². The van der Waals surface area contributed by atoms with Gasteiger partial charge in [0.15, 0.2) is 5.15 Å². The maximum absolute atomic E-state index is 13.1. The third-order valence-electron chi connectivity index (χ3n) is 3.11. The highest BCUT2D eigenvalue weighted by Crippen LogP contribution is 2.29. The van der Waals surface area contributed by atoms with Crippen molar-refractivity contribution in [3.05, 3.63) is 23.2 Å². The van der Waals surface area contributed by atoms with Crippen LogP contribution in [0.4, 0.5) is 8.78 Å². The topological polar surface area (TPSA) is 39.9 Å². The number of ether oxygens (including phenoxy) is 1. The van der Waals surface area contributed by atoms with Crippen LogP contribution < -0.4 is 0 Å². The summed E-state index contributed by atoms with van der Waals surface area (Å²) in [6, 6.07) is 2.30. The van der Waals surface area contributed by atoms with Crippen molar-refractivity contribution in [2.45, 2.75) is 38.8 Å². The number of fused-ring (bicyclic) bond motifs is 1. The molecule has 8 heteroatoms. The number of hydrogen-bond acceptors (Lipinski definition) is 3. The van der Waals surface area contributed by atoms with Gasteiger partial charge in [-0.1, -0.05) is 31.2 Å². The second kappa shape index (κ2) is 6.37. The Balaban J connectivity index is 2.22. The van der Waals surface area contributed by atoms with E-state index < -0.39 is 14.5 Å². The van der Waals surface area contributed by atoms with Crippen LogP contribution in [0.3, 0.4) is 0 Å². The van der Waals surface area contributed by atoms with Crippen LogP contribution in [0.2, 0.25) is 30.8 Å². The Morgan fingerprint density at radius 1 is 1.33 bits per heavy atom. The fourth-order valence-electron chi connectivity index (χ4n) is 1.93. The monoisotopic (exact) mass is 333 g/mol. The van der Waals surface area contributed by atoms with Crippen molar-refractivity contribution < 1.29 is 13.5 Å². The molecule has 0 aromatic carbocycles. The van der Waals surface area contributed by atoms with E-state index >= 15 is 0 Å². The molecule has 4 nitrogen and oxygen atoms in total. The lowest BCUT2D eigenvalue weighted by atomic mass is 10.4. The van der Waals surface area contributed by atoms with Gasteiger partial charge in [-0.2, -0.15) is 0 Å². The largest absolute Gasteiger partial charge is 0.361 e. The fraction of sp³-hybridized carbons (Fsp3) is 0.538. The van der Waals surface area contributed by atoms with E-state index in [-0.39, 0.29) is 17.6 Å². The molecule has 116 valence electrons. The van der Waals surface area contributed by atoms with Crippen molar-refractivity contribution >= 4 is 30.7 Å². The molecule has 0 radical (unpaired) electrons. The van der Waals surface area contributed by atoms with E-state index in [1.165, 1.54) is 17.0 Å². The molecule has 0 unspecified atom stereocenters. The van der Waals surface area contributed by atoms with Gasteiger partial charge in [-0.25, -0.2) is 18.7 Å². The molecular formula is C13H18ClF2N3OSi. The number of hydrogen-bond donors (Lipinski definition) is 0. The molecule has 0 spiro atoms. The quantitative estimate of drug-likeness (QED) is 0.448. The molecule has 0 fully saturated rings. The minimum absolute atomic E-state index is 0.0285. The van der Waals surface area contributed by atoms with Gasteiger partial charge in [-0.05, 0) is 12.1 Å². The zero-order valence-electron chi connectivity index (χ0n) is 12.2. The molecule has 2 aromatic rings. The van der Waals surface area contributed by atoms with Crippen LogP contribution in [0.5, 0.6) is 0 Å². The average molecular weight is 334 g/mol. The highest BCUT2D eigenvalue weighted by Gasteiger charge is 2.20. The van der Waals surface area contributed by atoms with Crippen LogP contribution in [0.25, 0.3) is 11.0 Å². The standard InChI is InChI=1S/C13H18ClF2N3OSi/c1-21(2,3)5-4-20-8-19-10(13(15)16)6-9-11(19)12(14)18-7-17-9/h6-7,13H,4-5,8H2,1-3H3. The number of alkyl halides is 2. The highest BCUT2D eigenvalue weighted by molar-refractivity contribution is 6.76. The summed E-state index contributed by atoms with van der Waals surface area (Å²) >= 11 is 6.00. The SMILES string of the molecule is C[Si](C)(C)CCOCn1c(C(F)F)cc2ncnc(Cl)c21. The molecule has 0 N–H and O–H groups in total. The van der Waals surface area contributed by atoms with Gasteiger partial charge >= 0.3 is 0 Å². The van der Waals surface area contributed by atoms with E-state index in [9.17, 15) is 8.78 Å².